The molecule has 2 aromatic rings. The fourth-order valence-electron chi connectivity index (χ4n) is 2.65. The monoisotopic (exact) mass is 393 g/mol. The molecule has 0 amide bonds. The van der Waals surface area contributed by atoms with E-state index in [4.69, 9.17) is 14.2 Å². The lowest BCUT2D eigenvalue weighted by Crippen LogP contribution is -2.40. The number of pyridine rings is 1. The highest BCUT2D eigenvalue weighted by molar-refractivity contribution is 7.89. The Kier molecular flexibility index (Phi) is 6.49. The highest BCUT2D eigenvalue weighted by Gasteiger charge is 2.26. The van der Waals surface area contributed by atoms with E-state index in [1.165, 1.54) is 10.5 Å². The average Bonchev–Trinajstić information content (AvgIpc) is 2.72. The van der Waals surface area contributed by atoms with Crippen molar-refractivity contribution in [2.45, 2.75) is 4.90 Å². The van der Waals surface area contributed by atoms with Gasteiger partial charge in [-0.1, -0.05) is 12.1 Å². The number of aromatic nitrogens is 1. The molecule has 1 aliphatic heterocycles. The summed E-state index contributed by atoms with van der Waals surface area (Å²) in [6, 6.07) is 10.6. The van der Waals surface area contributed by atoms with Crippen molar-refractivity contribution in [3.8, 4) is 11.5 Å². The fraction of sp³-hybridized carbons (Fsp3) is 0.389. The van der Waals surface area contributed by atoms with Crippen molar-refractivity contribution in [2.24, 2.45) is 0 Å². The predicted octanol–water partition coefficient (Wildman–Crippen LogP) is 1.60. The number of benzene rings is 1. The van der Waals surface area contributed by atoms with E-state index >= 15 is 0 Å². The minimum atomic E-state index is -3.52. The van der Waals surface area contributed by atoms with Gasteiger partial charge >= 0.3 is 0 Å². The Labute approximate surface area is 159 Å². The minimum absolute atomic E-state index is 0.181. The molecule has 146 valence electrons. The van der Waals surface area contributed by atoms with Crippen LogP contribution >= 0.6 is 0 Å². The highest BCUT2D eigenvalue weighted by Crippen LogP contribution is 2.25. The Hall–Kier alpha value is -2.36. The molecule has 0 unspecified atom stereocenters. The van der Waals surface area contributed by atoms with E-state index in [2.05, 4.69) is 10.3 Å². The Morgan fingerprint density at radius 2 is 1.89 bits per heavy atom. The number of hydrogen-bond acceptors (Lipinski definition) is 7. The Morgan fingerprint density at radius 1 is 1.15 bits per heavy atom. The number of sulfonamides is 1. The van der Waals surface area contributed by atoms with Crippen LogP contribution in [0.25, 0.3) is 0 Å². The molecule has 1 aromatic heterocycles. The fourth-order valence-corrected chi connectivity index (χ4v) is 4.01. The van der Waals surface area contributed by atoms with Gasteiger partial charge in [0, 0.05) is 19.3 Å². The summed E-state index contributed by atoms with van der Waals surface area (Å²) < 4.78 is 42.6. The summed E-state index contributed by atoms with van der Waals surface area (Å²) in [6.07, 6.45) is 1.37. The number of nitrogens with one attached hydrogen (secondary N) is 1. The molecule has 1 saturated heterocycles. The molecular weight excluding hydrogens is 370 g/mol. The molecule has 0 spiro atoms. The van der Waals surface area contributed by atoms with Crippen molar-refractivity contribution in [2.75, 3.05) is 51.9 Å². The van der Waals surface area contributed by atoms with E-state index in [1.807, 2.05) is 24.3 Å². The van der Waals surface area contributed by atoms with Crippen LogP contribution < -0.4 is 14.8 Å². The van der Waals surface area contributed by atoms with Crippen molar-refractivity contribution in [1.29, 1.82) is 0 Å². The molecule has 1 fully saturated rings. The van der Waals surface area contributed by atoms with Crippen molar-refractivity contribution in [3.05, 3.63) is 42.6 Å². The normalized spacial score (nSPS) is 15.3. The summed E-state index contributed by atoms with van der Waals surface area (Å²) in [5.74, 6) is 1.93. The topological polar surface area (TPSA) is 90.0 Å². The van der Waals surface area contributed by atoms with Crippen molar-refractivity contribution >= 4 is 15.8 Å². The zero-order chi connectivity index (χ0) is 19.1. The van der Waals surface area contributed by atoms with Gasteiger partial charge in [0.1, 0.15) is 17.3 Å². The van der Waals surface area contributed by atoms with Crippen LogP contribution in [0.15, 0.2) is 47.5 Å². The number of methoxy groups -OCH3 is 1. The van der Waals surface area contributed by atoms with Crippen LogP contribution in [0.3, 0.4) is 0 Å². The number of hydrogen-bond donors (Lipinski definition) is 1. The number of para-hydroxylation sites is 2. The number of ether oxygens (including phenoxy) is 3. The van der Waals surface area contributed by atoms with Gasteiger partial charge in [-0.05, 0) is 24.3 Å². The maximum absolute atomic E-state index is 12.6. The standard InChI is InChI=1S/C18H23N3O5S/c1-24-16-4-2-3-5-17(16)26-11-8-19-18-7-6-15(14-20-18)27(22,23)21-9-12-25-13-10-21/h2-7,14H,8-13H2,1H3,(H,19,20). The Morgan fingerprint density at radius 3 is 2.56 bits per heavy atom. The highest BCUT2D eigenvalue weighted by atomic mass is 32.2. The van der Waals surface area contributed by atoms with Gasteiger partial charge in [-0.15, -0.1) is 0 Å². The number of morpholine rings is 1. The van der Waals surface area contributed by atoms with Crippen molar-refractivity contribution < 1.29 is 22.6 Å². The van der Waals surface area contributed by atoms with E-state index in [0.29, 0.717) is 56.8 Å². The van der Waals surface area contributed by atoms with Crippen molar-refractivity contribution in [1.82, 2.24) is 9.29 Å². The second-order valence-corrected chi connectivity index (χ2v) is 7.76. The molecule has 2 heterocycles. The number of anilines is 1. The van der Waals surface area contributed by atoms with Gasteiger partial charge in [0.25, 0.3) is 0 Å². The van der Waals surface area contributed by atoms with Gasteiger partial charge in [0.2, 0.25) is 10.0 Å². The van der Waals surface area contributed by atoms with Gasteiger partial charge in [0.15, 0.2) is 11.5 Å². The van der Waals surface area contributed by atoms with Crippen LogP contribution in [0.2, 0.25) is 0 Å². The molecule has 0 saturated carbocycles. The first-order valence-corrected chi connectivity index (χ1v) is 10.1. The number of nitrogens with zero attached hydrogens (tertiary/aromatic N) is 2. The molecular formula is C18H23N3O5S. The van der Waals surface area contributed by atoms with Crippen molar-refractivity contribution in [3.63, 3.8) is 0 Å². The molecule has 8 nitrogen and oxygen atoms in total. The smallest absolute Gasteiger partial charge is 0.244 e. The Bertz CT molecular complexity index is 836. The lowest BCUT2D eigenvalue weighted by Gasteiger charge is -2.25. The second-order valence-electron chi connectivity index (χ2n) is 5.82. The van der Waals surface area contributed by atoms with E-state index in [1.54, 1.807) is 19.2 Å². The molecule has 9 heteroatoms. The predicted molar refractivity (Wildman–Crippen MR) is 101 cm³/mol. The summed E-state index contributed by atoms with van der Waals surface area (Å²) in [5.41, 5.74) is 0. The van der Waals surface area contributed by atoms with Gasteiger partial charge in [-0.25, -0.2) is 13.4 Å². The average molecular weight is 393 g/mol. The summed E-state index contributed by atoms with van der Waals surface area (Å²) >= 11 is 0. The van der Waals surface area contributed by atoms with Gasteiger partial charge < -0.3 is 19.5 Å². The van der Waals surface area contributed by atoms with Crippen LogP contribution in [0, 0.1) is 0 Å². The van der Waals surface area contributed by atoms with Crippen LogP contribution in [0.5, 0.6) is 11.5 Å². The van der Waals surface area contributed by atoms with Crippen LogP contribution in [-0.4, -0.2) is 64.3 Å². The van der Waals surface area contributed by atoms with Gasteiger partial charge in [-0.2, -0.15) is 4.31 Å². The molecule has 1 N–H and O–H groups in total. The SMILES string of the molecule is COc1ccccc1OCCNc1ccc(S(=O)(=O)N2CCOCC2)cn1. The third-order valence-corrected chi connectivity index (χ3v) is 5.96. The number of rotatable bonds is 8. The van der Waals surface area contributed by atoms with Gasteiger partial charge in [0.05, 0.1) is 26.9 Å². The van der Waals surface area contributed by atoms with Crippen LogP contribution in [0.1, 0.15) is 0 Å². The maximum atomic E-state index is 12.6. The van der Waals surface area contributed by atoms with E-state index in [0.717, 1.165) is 0 Å². The lowest BCUT2D eigenvalue weighted by atomic mass is 10.3. The van der Waals surface area contributed by atoms with E-state index in [-0.39, 0.29) is 4.90 Å². The quantitative estimate of drug-likeness (QED) is 0.681. The molecule has 0 aliphatic carbocycles. The molecule has 1 aliphatic rings. The molecule has 0 atom stereocenters. The van der Waals surface area contributed by atoms with Crippen LogP contribution in [-0.2, 0) is 14.8 Å². The minimum Gasteiger partial charge on any atom is -0.493 e. The lowest BCUT2D eigenvalue weighted by molar-refractivity contribution is 0.0730. The van der Waals surface area contributed by atoms with Gasteiger partial charge in [-0.3, -0.25) is 0 Å². The molecule has 27 heavy (non-hydrogen) atoms. The Balaban J connectivity index is 1.52. The van der Waals surface area contributed by atoms with Crippen LogP contribution in [0.4, 0.5) is 5.82 Å². The first-order valence-electron chi connectivity index (χ1n) is 8.65. The summed E-state index contributed by atoms with van der Waals surface area (Å²) in [7, 11) is -1.93. The van der Waals surface area contributed by atoms with E-state index < -0.39 is 10.0 Å². The third-order valence-electron chi connectivity index (χ3n) is 4.08. The summed E-state index contributed by atoms with van der Waals surface area (Å²) in [6.45, 7) is 2.48. The summed E-state index contributed by atoms with van der Waals surface area (Å²) in [5, 5.41) is 3.11. The maximum Gasteiger partial charge on any atom is 0.244 e. The third kappa shape index (κ3) is 4.88. The zero-order valence-electron chi connectivity index (χ0n) is 15.1. The van der Waals surface area contributed by atoms with E-state index in [9.17, 15) is 8.42 Å². The molecule has 0 radical (unpaired) electrons. The molecule has 0 bridgehead atoms. The first-order chi connectivity index (χ1) is 13.1. The zero-order valence-corrected chi connectivity index (χ0v) is 15.9. The summed E-state index contributed by atoms with van der Waals surface area (Å²) in [4.78, 5) is 4.37. The molecule has 3 rings (SSSR count). The molecule has 1 aromatic carbocycles. The second kappa shape index (κ2) is 9.03. The first kappa shape index (κ1) is 19.4. The largest absolute Gasteiger partial charge is 0.493 e.